The van der Waals surface area contributed by atoms with Crippen LogP contribution in [0.25, 0.3) is 10.9 Å². The Balaban J connectivity index is 2.41. The van der Waals surface area contributed by atoms with Crippen molar-refractivity contribution in [3.05, 3.63) is 28.9 Å². The van der Waals surface area contributed by atoms with Crippen LogP contribution in [0.3, 0.4) is 0 Å². The van der Waals surface area contributed by atoms with Crippen molar-refractivity contribution >= 4 is 38.2 Å². The van der Waals surface area contributed by atoms with Crippen molar-refractivity contribution < 1.29 is 13.2 Å². The SMILES string of the molecule is CN(CCC(F)(F)F)c1c(N)cnc2ccc(Br)cc12. The van der Waals surface area contributed by atoms with E-state index >= 15 is 0 Å². The summed E-state index contributed by atoms with van der Waals surface area (Å²) in [5, 5.41) is 0.726. The number of hydrogen-bond acceptors (Lipinski definition) is 3. The van der Waals surface area contributed by atoms with Crippen molar-refractivity contribution in [2.75, 3.05) is 24.2 Å². The molecule has 0 spiro atoms. The fourth-order valence-electron chi connectivity index (χ4n) is 2.00. The molecule has 0 saturated carbocycles. The number of halogens is 4. The Labute approximate surface area is 122 Å². The van der Waals surface area contributed by atoms with Crippen molar-refractivity contribution in [2.45, 2.75) is 12.6 Å². The van der Waals surface area contributed by atoms with Gasteiger partial charge in [0.05, 0.1) is 29.5 Å². The molecule has 2 aromatic rings. The number of nitrogens with two attached hydrogens (primary N) is 1. The standard InChI is InChI=1S/C13H13BrF3N3/c1-20(5-4-13(15,16)17)12-9-6-8(14)2-3-11(9)19-7-10(12)18/h2-3,6-7H,4-5,18H2,1H3. The van der Waals surface area contributed by atoms with E-state index < -0.39 is 12.6 Å². The number of nitrogens with zero attached hydrogens (tertiary/aromatic N) is 2. The number of fused-ring (bicyclic) bond motifs is 1. The summed E-state index contributed by atoms with van der Waals surface area (Å²) in [7, 11) is 1.60. The third kappa shape index (κ3) is 3.33. The van der Waals surface area contributed by atoms with E-state index in [9.17, 15) is 13.2 Å². The van der Waals surface area contributed by atoms with Gasteiger partial charge in [-0.3, -0.25) is 4.98 Å². The van der Waals surface area contributed by atoms with Crippen molar-refractivity contribution in [2.24, 2.45) is 0 Å². The lowest BCUT2D eigenvalue weighted by atomic mass is 10.1. The first-order chi connectivity index (χ1) is 9.28. The minimum atomic E-state index is -4.19. The number of alkyl halides is 3. The van der Waals surface area contributed by atoms with E-state index in [2.05, 4.69) is 20.9 Å². The van der Waals surface area contributed by atoms with Gasteiger partial charge in [-0.1, -0.05) is 15.9 Å². The fraction of sp³-hybridized carbons (Fsp3) is 0.308. The molecule has 0 bridgehead atoms. The topological polar surface area (TPSA) is 42.1 Å². The van der Waals surface area contributed by atoms with Gasteiger partial charge >= 0.3 is 6.18 Å². The number of hydrogen-bond donors (Lipinski definition) is 1. The molecule has 0 aliphatic heterocycles. The van der Waals surface area contributed by atoms with Crippen LogP contribution in [0, 0.1) is 0 Å². The Morgan fingerprint density at radius 3 is 2.70 bits per heavy atom. The minimum Gasteiger partial charge on any atom is -0.396 e. The normalized spacial score (nSPS) is 11.8. The molecule has 0 fully saturated rings. The second-order valence-electron chi connectivity index (χ2n) is 4.51. The number of anilines is 2. The molecular formula is C13H13BrF3N3. The van der Waals surface area contributed by atoms with Crippen LogP contribution in [0.2, 0.25) is 0 Å². The molecule has 0 aliphatic rings. The molecule has 7 heteroatoms. The maximum absolute atomic E-state index is 12.3. The Morgan fingerprint density at radius 1 is 1.35 bits per heavy atom. The monoisotopic (exact) mass is 347 g/mol. The lowest BCUT2D eigenvalue weighted by molar-refractivity contribution is -0.132. The average Bonchev–Trinajstić information content (AvgIpc) is 2.35. The number of benzene rings is 1. The van der Waals surface area contributed by atoms with Crippen molar-refractivity contribution in [1.82, 2.24) is 4.98 Å². The molecule has 1 aromatic heterocycles. The molecule has 2 N–H and O–H groups in total. The van der Waals surface area contributed by atoms with E-state index in [1.54, 1.807) is 19.2 Å². The molecule has 0 amide bonds. The van der Waals surface area contributed by atoms with Gasteiger partial charge in [0.25, 0.3) is 0 Å². The summed E-state index contributed by atoms with van der Waals surface area (Å²) in [6, 6.07) is 5.42. The Morgan fingerprint density at radius 2 is 2.05 bits per heavy atom. The van der Waals surface area contributed by atoms with Gasteiger partial charge in [-0.15, -0.1) is 0 Å². The minimum absolute atomic E-state index is 0.153. The second kappa shape index (κ2) is 5.47. The predicted molar refractivity (Wildman–Crippen MR) is 77.8 cm³/mol. The molecule has 108 valence electrons. The molecule has 1 heterocycles. The maximum Gasteiger partial charge on any atom is 0.390 e. The summed E-state index contributed by atoms with van der Waals surface area (Å²) in [5.41, 5.74) is 7.50. The van der Waals surface area contributed by atoms with Gasteiger partial charge in [-0.05, 0) is 18.2 Å². The Hall–Kier alpha value is -1.50. The van der Waals surface area contributed by atoms with Crippen LogP contribution in [0.1, 0.15) is 6.42 Å². The third-order valence-electron chi connectivity index (χ3n) is 2.94. The van der Waals surface area contributed by atoms with Crippen LogP contribution in [-0.2, 0) is 0 Å². The van der Waals surface area contributed by atoms with E-state index in [0.29, 0.717) is 16.9 Å². The zero-order valence-corrected chi connectivity index (χ0v) is 12.3. The molecule has 0 unspecified atom stereocenters. The van der Waals surface area contributed by atoms with Crippen LogP contribution in [-0.4, -0.2) is 24.8 Å². The molecule has 0 saturated heterocycles. The number of aromatic nitrogens is 1. The van der Waals surface area contributed by atoms with Crippen LogP contribution in [0.15, 0.2) is 28.9 Å². The molecule has 3 nitrogen and oxygen atoms in total. The highest BCUT2D eigenvalue weighted by Crippen LogP contribution is 2.33. The summed E-state index contributed by atoms with van der Waals surface area (Å²) in [4.78, 5) is 5.69. The van der Waals surface area contributed by atoms with Gasteiger partial charge < -0.3 is 10.6 Å². The molecule has 2 rings (SSSR count). The molecule has 0 aliphatic carbocycles. The highest BCUT2D eigenvalue weighted by Gasteiger charge is 2.27. The van der Waals surface area contributed by atoms with E-state index in [1.807, 2.05) is 6.07 Å². The quantitative estimate of drug-likeness (QED) is 0.913. The van der Waals surface area contributed by atoms with E-state index in [-0.39, 0.29) is 6.54 Å². The number of pyridine rings is 1. The first kappa shape index (κ1) is 14.9. The lowest BCUT2D eigenvalue weighted by Gasteiger charge is -2.23. The smallest absolute Gasteiger partial charge is 0.390 e. The van der Waals surface area contributed by atoms with E-state index in [1.165, 1.54) is 11.1 Å². The summed E-state index contributed by atoms with van der Waals surface area (Å²) >= 11 is 3.34. The summed E-state index contributed by atoms with van der Waals surface area (Å²) in [6.45, 7) is -0.153. The number of rotatable bonds is 3. The summed E-state index contributed by atoms with van der Waals surface area (Å²) in [5.74, 6) is 0. The zero-order chi connectivity index (χ0) is 14.9. The largest absolute Gasteiger partial charge is 0.396 e. The van der Waals surface area contributed by atoms with Gasteiger partial charge in [0.15, 0.2) is 0 Å². The molecule has 0 atom stereocenters. The molecule has 20 heavy (non-hydrogen) atoms. The average molecular weight is 348 g/mol. The lowest BCUT2D eigenvalue weighted by Crippen LogP contribution is -2.25. The van der Waals surface area contributed by atoms with Gasteiger partial charge in [-0.2, -0.15) is 13.2 Å². The van der Waals surface area contributed by atoms with Gasteiger partial charge in [0, 0.05) is 23.5 Å². The van der Waals surface area contributed by atoms with Gasteiger partial charge in [0.2, 0.25) is 0 Å². The number of nitrogen functional groups attached to an aromatic ring is 1. The molecule has 1 aromatic carbocycles. The van der Waals surface area contributed by atoms with Crippen LogP contribution in [0.5, 0.6) is 0 Å². The first-order valence-corrected chi connectivity index (χ1v) is 6.69. The van der Waals surface area contributed by atoms with Crippen LogP contribution < -0.4 is 10.6 Å². The predicted octanol–water partition coefficient (Wildman–Crippen LogP) is 3.97. The van der Waals surface area contributed by atoms with Crippen LogP contribution >= 0.6 is 15.9 Å². The maximum atomic E-state index is 12.3. The third-order valence-corrected chi connectivity index (χ3v) is 3.44. The van der Waals surface area contributed by atoms with Gasteiger partial charge in [-0.25, -0.2) is 0 Å². The van der Waals surface area contributed by atoms with E-state index in [0.717, 1.165) is 9.86 Å². The van der Waals surface area contributed by atoms with Crippen molar-refractivity contribution in [3.8, 4) is 0 Å². The molecular weight excluding hydrogens is 335 g/mol. The summed E-state index contributed by atoms with van der Waals surface area (Å²) < 4.78 is 37.8. The highest BCUT2D eigenvalue weighted by molar-refractivity contribution is 9.10. The highest BCUT2D eigenvalue weighted by atomic mass is 79.9. The van der Waals surface area contributed by atoms with Crippen molar-refractivity contribution in [1.29, 1.82) is 0 Å². The zero-order valence-electron chi connectivity index (χ0n) is 10.7. The summed E-state index contributed by atoms with van der Waals surface area (Å²) in [6.07, 6.45) is -3.61. The van der Waals surface area contributed by atoms with Crippen molar-refractivity contribution in [3.63, 3.8) is 0 Å². The Kier molecular flexibility index (Phi) is 4.08. The second-order valence-corrected chi connectivity index (χ2v) is 5.43. The first-order valence-electron chi connectivity index (χ1n) is 5.89. The van der Waals surface area contributed by atoms with Gasteiger partial charge in [0.1, 0.15) is 0 Å². The Bertz CT molecular complexity index is 623. The van der Waals surface area contributed by atoms with Crippen LogP contribution in [0.4, 0.5) is 24.5 Å². The fourth-order valence-corrected chi connectivity index (χ4v) is 2.36. The van der Waals surface area contributed by atoms with E-state index in [4.69, 9.17) is 5.73 Å². The molecule has 0 radical (unpaired) electrons.